The topological polar surface area (TPSA) is 57.7 Å². The Morgan fingerprint density at radius 3 is 2.04 bits per heavy atom. The summed E-state index contributed by atoms with van der Waals surface area (Å²) in [5, 5.41) is 0. The predicted molar refractivity (Wildman–Crippen MR) is 94.1 cm³/mol. The monoisotopic (exact) mass is 350 g/mol. The molecule has 5 nitrogen and oxygen atoms in total. The Morgan fingerprint density at radius 2 is 1.58 bits per heavy atom. The zero-order chi connectivity index (χ0) is 17.3. The van der Waals surface area contributed by atoms with Gasteiger partial charge in [0.2, 0.25) is 10.0 Å². The first-order chi connectivity index (χ1) is 11.3. The van der Waals surface area contributed by atoms with E-state index in [9.17, 15) is 13.2 Å². The number of carbonyl (C=O) groups excluding carboxylic acids is 1. The molecule has 1 aromatic rings. The fourth-order valence-corrected chi connectivity index (χ4v) is 4.15. The van der Waals surface area contributed by atoms with E-state index in [1.54, 1.807) is 7.05 Å². The van der Waals surface area contributed by atoms with Gasteiger partial charge in [-0.1, -0.05) is 12.1 Å². The van der Waals surface area contributed by atoms with Crippen molar-refractivity contribution in [3.05, 3.63) is 35.4 Å². The molecular formula is C18H26N2O3S. The third-order valence-electron chi connectivity index (χ3n) is 5.38. The largest absolute Gasteiger partial charge is 0.338 e. The summed E-state index contributed by atoms with van der Waals surface area (Å²) in [6, 6.07) is 7.34. The Kier molecular flexibility index (Phi) is 4.97. The third kappa shape index (κ3) is 3.98. The molecule has 0 atom stereocenters. The van der Waals surface area contributed by atoms with Gasteiger partial charge >= 0.3 is 0 Å². The Hall–Kier alpha value is -1.40. The molecule has 0 radical (unpaired) electrons. The second kappa shape index (κ2) is 6.84. The summed E-state index contributed by atoms with van der Waals surface area (Å²) in [6.45, 7) is 2.09. The average Bonchev–Trinajstić information content (AvgIpc) is 2.87. The summed E-state index contributed by atoms with van der Waals surface area (Å²) < 4.78 is 24.3. The minimum Gasteiger partial charge on any atom is -0.338 e. The van der Waals surface area contributed by atoms with Gasteiger partial charge in [0.15, 0.2) is 0 Å². The van der Waals surface area contributed by atoms with Crippen molar-refractivity contribution < 1.29 is 13.2 Å². The van der Waals surface area contributed by atoms with Crippen LogP contribution in [0.4, 0.5) is 0 Å². The molecule has 1 amide bonds. The zero-order valence-corrected chi connectivity index (χ0v) is 15.3. The lowest BCUT2D eigenvalue weighted by Gasteiger charge is -2.23. The molecule has 0 spiro atoms. The molecule has 3 aliphatic rings. The summed E-state index contributed by atoms with van der Waals surface area (Å²) in [7, 11) is -1.64. The summed E-state index contributed by atoms with van der Waals surface area (Å²) in [6.07, 6.45) is 6.21. The SMILES string of the molecule is CN(Cc1ccc(C(=O)N2CC3CCC(CC3)C2)cc1)S(C)(=O)=O. The minimum absolute atomic E-state index is 0.108. The van der Waals surface area contributed by atoms with Gasteiger partial charge in [0.1, 0.15) is 0 Å². The molecule has 0 unspecified atom stereocenters. The normalized spacial score (nSPS) is 24.2. The Bertz CT molecular complexity index is 677. The molecule has 24 heavy (non-hydrogen) atoms. The average molecular weight is 350 g/mol. The van der Waals surface area contributed by atoms with Crippen LogP contribution in [0.1, 0.15) is 41.6 Å². The van der Waals surface area contributed by atoms with Crippen molar-refractivity contribution in [2.45, 2.75) is 32.2 Å². The van der Waals surface area contributed by atoms with E-state index in [1.165, 1.54) is 36.2 Å². The molecule has 1 aliphatic carbocycles. The van der Waals surface area contributed by atoms with Gasteiger partial charge < -0.3 is 4.90 Å². The van der Waals surface area contributed by atoms with Crippen LogP contribution in [0.15, 0.2) is 24.3 Å². The lowest BCUT2D eigenvalue weighted by molar-refractivity contribution is 0.0739. The number of nitrogens with zero attached hydrogens (tertiary/aromatic N) is 2. The molecule has 0 aromatic heterocycles. The highest BCUT2D eigenvalue weighted by Gasteiger charge is 2.31. The number of hydrogen-bond donors (Lipinski definition) is 0. The van der Waals surface area contributed by atoms with Crippen LogP contribution in [0.25, 0.3) is 0 Å². The highest BCUT2D eigenvalue weighted by Crippen LogP contribution is 2.34. The molecular weight excluding hydrogens is 324 g/mol. The van der Waals surface area contributed by atoms with Crippen LogP contribution in [-0.2, 0) is 16.6 Å². The highest BCUT2D eigenvalue weighted by atomic mass is 32.2. The standard InChI is InChI=1S/C18H26N2O3S/c1-19(24(2,22)23)11-14-7-9-17(10-8-14)18(21)20-12-15-3-4-16(13-20)6-5-15/h7-10,15-16H,3-6,11-13H2,1-2H3. The number of hydrogen-bond acceptors (Lipinski definition) is 3. The van der Waals surface area contributed by atoms with E-state index in [0.717, 1.165) is 18.7 Å². The van der Waals surface area contributed by atoms with Crippen LogP contribution in [0.5, 0.6) is 0 Å². The predicted octanol–water partition coefficient (Wildman–Crippen LogP) is 2.34. The highest BCUT2D eigenvalue weighted by molar-refractivity contribution is 7.88. The number of sulfonamides is 1. The van der Waals surface area contributed by atoms with Gasteiger partial charge in [0, 0.05) is 32.2 Å². The summed E-state index contributed by atoms with van der Waals surface area (Å²) in [5.74, 6) is 1.43. The molecule has 4 rings (SSSR count). The first kappa shape index (κ1) is 17.4. The van der Waals surface area contributed by atoms with Gasteiger partial charge in [-0.05, 0) is 55.2 Å². The van der Waals surface area contributed by atoms with E-state index in [1.807, 2.05) is 29.2 Å². The van der Waals surface area contributed by atoms with Crippen molar-refractivity contribution in [2.75, 3.05) is 26.4 Å². The quantitative estimate of drug-likeness (QED) is 0.837. The minimum atomic E-state index is -3.20. The van der Waals surface area contributed by atoms with Gasteiger partial charge in [0.25, 0.3) is 5.91 Å². The van der Waals surface area contributed by atoms with E-state index < -0.39 is 10.0 Å². The number of fused-ring (bicyclic) bond motifs is 4. The zero-order valence-electron chi connectivity index (χ0n) is 14.4. The summed E-state index contributed by atoms with van der Waals surface area (Å²) >= 11 is 0. The van der Waals surface area contributed by atoms with Crippen molar-refractivity contribution in [3.8, 4) is 0 Å². The number of benzene rings is 1. The van der Waals surface area contributed by atoms with Crippen LogP contribution < -0.4 is 0 Å². The maximum atomic E-state index is 12.8. The van der Waals surface area contributed by atoms with Gasteiger partial charge in [-0.25, -0.2) is 12.7 Å². The molecule has 2 bridgehead atoms. The van der Waals surface area contributed by atoms with E-state index in [-0.39, 0.29) is 5.91 Å². The summed E-state index contributed by atoms with van der Waals surface area (Å²) in [4.78, 5) is 14.8. The Balaban J connectivity index is 1.68. The fourth-order valence-electron chi connectivity index (χ4n) is 3.77. The van der Waals surface area contributed by atoms with E-state index in [4.69, 9.17) is 0 Å². The second-order valence-electron chi connectivity index (χ2n) is 7.31. The molecule has 2 saturated heterocycles. The molecule has 132 valence electrons. The molecule has 0 N–H and O–H groups in total. The van der Waals surface area contributed by atoms with Crippen molar-refractivity contribution in [1.29, 1.82) is 0 Å². The lowest BCUT2D eigenvalue weighted by Crippen LogP contribution is -2.34. The van der Waals surface area contributed by atoms with Crippen molar-refractivity contribution in [1.82, 2.24) is 9.21 Å². The Morgan fingerprint density at radius 1 is 1.08 bits per heavy atom. The first-order valence-corrected chi connectivity index (χ1v) is 10.5. The maximum Gasteiger partial charge on any atom is 0.253 e. The molecule has 6 heteroatoms. The number of rotatable bonds is 4. The molecule has 1 saturated carbocycles. The first-order valence-electron chi connectivity index (χ1n) is 8.62. The second-order valence-corrected chi connectivity index (χ2v) is 9.40. The molecule has 2 aliphatic heterocycles. The van der Waals surface area contributed by atoms with Crippen molar-refractivity contribution >= 4 is 15.9 Å². The maximum absolute atomic E-state index is 12.8. The molecule has 2 heterocycles. The van der Waals surface area contributed by atoms with Crippen molar-refractivity contribution in [3.63, 3.8) is 0 Å². The van der Waals surface area contributed by atoms with Gasteiger partial charge in [0.05, 0.1) is 6.26 Å². The van der Waals surface area contributed by atoms with Gasteiger partial charge in [-0.2, -0.15) is 0 Å². The fraction of sp³-hybridized carbons (Fsp3) is 0.611. The number of carbonyl (C=O) groups is 1. The third-order valence-corrected chi connectivity index (χ3v) is 6.64. The smallest absolute Gasteiger partial charge is 0.253 e. The lowest BCUT2D eigenvalue weighted by atomic mass is 9.84. The molecule has 1 aromatic carbocycles. The van der Waals surface area contributed by atoms with E-state index >= 15 is 0 Å². The number of amides is 1. The van der Waals surface area contributed by atoms with Crippen LogP contribution in [0.3, 0.4) is 0 Å². The van der Waals surface area contributed by atoms with Gasteiger partial charge in [-0.3, -0.25) is 4.79 Å². The van der Waals surface area contributed by atoms with Crippen LogP contribution >= 0.6 is 0 Å². The van der Waals surface area contributed by atoms with Gasteiger partial charge in [-0.15, -0.1) is 0 Å². The van der Waals surface area contributed by atoms with Crippen molar-refractivity contribution in [2.24, 2.45) is 11.8 Å². The van der Waals surface area contributed by atoms with Crippen LogP contribution in [0.2, 0.25) is 0 Å². The van der Waals surface area contributed by atoms with Crippen LogP contribution in [0, 0.1) is 11.8 Å². The Labute approximate surface area is 144 Å². The summed E-state index contributed by atoms with van der Waals surface area (Å²) in [5.41, 5.74) is 1.58. The van der Waals surface area contributed by atoms with Crippen LogP contribution in [-0.4, -0.2) is 49.9 Å². The van der Waals surface area contributed by atoms with E-state index in [2.05, 4.69) is 0 Å². The molecule has 3 fully saturated rings. The van der Waals surface area contributed by atoms with E-state index in [0.29, 0.717) is 23.9 Å².